The summed E-state index contributed by atoms with van der Waals surface area (Å²) in [6.45, 7) is 3.86. The number of ether oxygens (including phenoxy) is 2. The third kappa shape index (κ3) is 7.45. The Morgan fingerprint density at radius 3 is 2.04 bits per heavy atom. The molecule has 2 N–H and O–H groups in total. The van der Waals surface area contributed by atoms with Crippen molar-refractivity contribution in [3.05, 3.63) is 56.5 Å². The Morgan fingerprint density at radius 1 is 0.962 bits per heavy atom. The standard InChI is InChI=1S/C11H13BrO3.C7H5BrO3/c1-7(2)15-10-5-8(11(13)14-3)4-9(12)6-10;8-5-1-4(7(10)11)2-6(9)3-5/h4-7H,1-3H3;1-3,9H,(H,10,11). The second-order valence-electron chi connectivity index (χ2n) is 5.34. The van der Waals surface area contributed by atoms with E-state index in [-0.39, 0.29) is 23.4 Å². The molecule has 2 aromatic rings. The Balaban J connectivity index is 0.000000273. The van der Waals surface area contributed by atoms with E-state index < -0.39 is 5.97 Å². The highest BCUT2D eigenvalue weighted by molar-refractivity contribution is 9.10. The van der Waals surface area contributed by atoms with Crippen LogP contribution in [0.1, 0.15) is 34.6 Å². The first-order valence-electron chi connectivity index (χ1n) is 7.40. The molecule has 26 heavy (non-hydrogen) atoms. The molecule has 0 aliphatic carbocycles. The Hall–Kier alpha value is -2.06. The van der Waals surface area contributed by atoms with Crippen LogP contribution in [-0.2, 0) is 4.74 Å². The van der Waals surface area contributed by atoms with Gasteiger partial charge in [-0.1, -0.05) is 31.9 Å². The monoisotopic (exact) mass is 488 g/mol. The molecule has 2 rings (SSSR count). The quantitative estimate of drug-likeness (QED) is 0.594. The number of rotatable bonds is 4. The lowest BCUT2D eigenvalue weighted by Gasteiger charge is -2.11. The first kappa shape index (κ1) is 22.0. The zero-order valence-corrected chi connectivity index (χ0v) is 17.5. The molecule has 0 saturated heterocycles. The molecule has 0 spiro atoms. The summed E-state index contributed by atoms with van der Waals surface area (Å²) in [5, 5.41) is 17.5. The molecule has 8 heteroatoms. The van der Waals surface area contributed by atoms with E-state index in [2.05, 4.69) is 36.6 Å². The van der Waals surface area contributed by atoms with E-state index in [1.807, 2.05) is 19.9 Å². The van der Waals surface area contributed by atoms with Gasteiger partial charge in [-0.25, -0.2) is 9.59 Å². The molecule has 0 aromatic heterocycles. The van der Waals surface area contributed by atoms with Crippen LogP contribution < -0.4 is 4.74 Å². The minimum Gasteiger partial charge on any atom is -0.508 e. The van der Waals surface area contributed by atoms with Crippen LogP contribution in [0.15, 0.2) is 45.3 Å². The van der Waals surface area contributed by atoms with Crippen LogP contribution in [0.4, 0.5) is 0 Å². The third-order valence-electron chi connectivity index (χ3n) is 2.79. The van der Waals surface area contributed by atoms with Crippen molar-refractivity contribution in [1.29, 1.82) is 0 Å². The molecule has 0 radical (unpaired) electrons. The van der Waals surface area contributed by atoms with E-state index >= 15 is 0 Å². The number of benzene rings is 2. The molecule has 0 unspecified atom stereocenters. The summed E-state index contributed by atoms with van der Waals surface area (Å²) in [5.41, 5.74) is 0.541. The van der Waals surface area contributed by atoms with Crippen molar-refractivity contribution in [3.8, 4) is 11.5 Å². The molecular weight excluding hydrogens is 472 g/mol. The predicted octanol–water partition coefficient (Wildman–Crippen LogP) is 4.88. The number of carboxylic acids is 1. The van der Waals surface area contributed by atoms with E-state index in [9.17, 15) is 9.59 Å². The maximum Gasteiger partial charge on any atom is 0.338 e. The van der Waals surface area contributed by atoms with Gasteiger partial charge in [0.2, 0.25) is 0 Å². The Labute approximate surface area is 168 Å². The van der Waals surface area contributed by atoms with Gasteiger partial charge in [0, 0.05) is 8.95 Å². The average molecular weight is 490 g/mol. The predicted molar refractivity (Wildman–Crippen MR) is 104 cm³/mol. The number of halogens is 2. The van der Waals surface area contributed by atoms with Crippen LogP contribution in [0.3, 0.4) is 0 Å². The number of methoxy groups -OCH3 is 1. The maximum absolute atomic E-state index is 11.3. The van der Waals surface area contributed by atoms with Crippen molar-refractivity contribution in [2.45, 2.75) is 20.0 Å². The molecule has 0 bridgehead atoms. The van der Waals surface area contributed by atoms with Crippen molar-refractivity contribution in [2.24, 2.45) is 0 Å². The number of hydrogen-bond donors (Lipinski definition) is 2. The summed E-state index contributed by atoms with van der Waals surface area (Å²) < 4.78 is 11.5. The van der Waals surface area contributed by atoms with E-state index in [0.29, 0.717) is 15.8 Å². The molecule has 0 aliphatic heterocycles. The van der Waals surface area contributed by atoms with Crippen LogP contribution in [-0.4, -0.2) is 35.4 Å². The van der Waals surface area contributed by atoms with E-state index in [0.717, 1.165) is 4.47 Å². The summed E-state index contributed by atoms with van der Waals surface area (Å²) in [6.07, 6.45) is 0.0739. The van der Waals surface area contributed by atoms with Crippen LogP contribution in [0.25, 0.3) is 0 Å². The molecule has 0 saturated carbocycles. The van der Waals surface area contributed by atoms with Crippen LogP contribution in [0, 0.1) is 0 Å². The zero-order chi connectivity index (χ0) is 19.9. The highest BCUT2D eigenvalue weighted by atomic mass is 79.9. The summed E-state index contributed by atoms with van der Waals surface area (Å²) in [6, 6.07) is 9.20. The number of aromatic carboxylic acids is 1. The minimum absolute atomic E-state index is 0.0585. The second kappa shape index (κ2) is 10.2. The lowest BCUT2D eigenvalue weighted by Crippen LogP contribution is -2.07. The molecule has 0 atom stereocenters. The lowest BCUT2D eigenvalue weighted by molar-refractivity contribution is 0.0599. The van der Waals surface area contributed by atoms with Gasteiger partial charge in [0.05, 0.1) is 24.3 Å². The number of aromatic hydroxyl groups is 1. The molecule has 140 valence electrons. The van der Waals surface area contributed by atoms with Crippen LogP contribution in [0.5, 0.6) is 11.5 Å². The molecule has 0 fully saturated rings. The molecule has 0 heterocycles. The van der Waals surface area contributed by atoms with Crippen molar-refractivity contribution in [3.63, 3.8) is 0 Å². The molecule has 2 aromatic carbocycles. The second-order valence-corrected chi connectivity index (χ2v) is 7.17. The van der Waals surface area contributed by atoms with Crippen molar-refractivity contribution >= 4 is 43.8 Å². The van der Waals surface area contributed by atoms with Gasteiger partial charge in [0.15, 0.2) is 0 Å². The topological polar surface area (TPSA) is 93.1 Å². The first-order valence-corrected chi connectivity index (χ1v) is 8.99. The lowest BCUT2D eigenvalue weighted by atomic mass is 10.2. The third-order valence-corrected chi connectivity index (χ3v) is 3.71. The molecule has 6 nitrogen and oxygen atoms in total. The van der Waals surface area contributed by atoms with E-state index in [1.165, 1.54) is 25.3 Å². The summed E-state index contributed by atoms with van der Waals surface area (Å²) in [7, 11) is 1.35. The Kier molecular flexibility index (Phi) is 8.60. The molecule has 0 aliphatic rings. The van der Waals surface area contributed by atoms with Gasteiger partial charge in [-0.2, -0.15) is 0 Å². The number of carbonyl (C=O) groups is 2. The van der Waals surface area contributed by atoms with E-state index in [4.69, 9.17) is 14.9 Å². The fourth-order valence-electron chi connectivity index (χ4n) is 1.84. The Morgan fingerprint density at radius 2 is 1.54 bits per heavy atom. The zero-order valence-electron chi connectivity index (χ0n) is 14.3. The SMILES string of the molecule is COC(=O)c1cc(Br)cc(OC(C)C)c1.O=C(O)c1cc(O)cc(Br)c1. The van der Waals surface area contributed by atoms with Gasteiger partial charge >= 0.3 is 11.9 Å². The number of hydrogen-bond acceptors (Lipinski definition) is 5. The van der Waals surface area contributed by atoms with Gasteiger partial charge in [-0.3, -0.25) is 0 Å². The summed E-state index contributed by atoms with van der Waals surface area (Å²) in [5.74, 6) is -0.831. The highest BCUT2D eigenvalue weighted by Gasteiger charge is 2.09. The summed E-state index contributed by atoms with van der Waals surface area (Å²) in [4.78, 5) is 21.7. The van der Waals surface area contributed by atoms with Crippen molar-refractivity contribution < 1.29 is 29.3 Å². The number of phenolic OH excluding ortho intramolecular Hbond substituents is 1. The van der Waals surface area contributed by atoms with Gasteiger partial charge in [0.1, 0.15) is 11.5 Å². The normalized spacial score (nSPS) is 9.92. The average Bonchev–Trinajstić information content (AvgIpc) is 2.52. The van der Waals surface area contributed by atoms with Gasteiger partial charge in [0.25, 0.3) is 0 Å². The first-order chi connectivity index (χ1) is 12.1. The largest absolute Gasteiger partial charge is 0.508 e. The fraction of sp³-hybridized carbons (Fsp3) is 0.222. The maximum atomic E-state index is 11.3. The molecular formula is C18H18Br2O6. The number of esters is 1. The fourth-order valence-corrected chi connectivity index (χ4v) is 2.79. The summed E-state index contributed by atoms with van der Waals surface area (Å²) >= 11 is 6.37. The van der Waals surface area contributed by atoms with E-state index in [1.54, 1.807) is 12.1 Å². The molecule has 0 amide bonds. The number of phenols is 1. The van der Waals surface area contributed by atoms with Gasteiger partial charge < -0.3 is 19.7 Å². The van der Waals surface area contributed by atoms with Gasteiger partial charge in [-0.05, 0) is 50.2 Å². The van der Waals surface area contributed by atoms with Crippen LogP contribution >= 0.6 is 31.9 Å². The highest BCUT2D eigenvalue weighted by Crippen LogP contribution is 2.23. The number of carboxylic acid groups (broad SMARTS) is 1. The van der Waals surface area contributed by atoms with Crippen molar-refractivity contribution in [1.82, 2.24) is 0 Å². The minimum atomic E-state index is -1.05. The van der Waals surface area contributed by atoms with Crippen molar-refractivity contribution in [2.75, 3.05) is 7.11 Å². The van der Waals surface area contributed by atoms with Gasteiger partial charge in [-0.15, -0.1) is 0 Å². The van der Waals surface area contributed by atoms with Crippen LogP contribution in [0.2, 0.25) is 0 Å². The smallest absolute Gasteiger partial charge is 0.338 e. The Bertz CT molecular complexity index is 769. The number of carbonyl (C=O) groups excluding carboxylic acids is 1.